The highest BCUT2D eigenvalue weighted by Gasteiger charge is 2.43. The molecule has 5 aliphatic carbocycles. The Morgan fingerprint density at radius 1 is 0.484 bits per heavy atom. The summed E-state index contributed by atoms with van der Waals surface area (Å²) in [5.41, 5.74) is 0. The molecule has 0 heterocycles. The van der Waals surface area contributed by atoms with Gasteiger partial charge in [0.05, 0.1) is 0 Å². The highest BCUT2D eigenvalue weighted by atomic mass is 15.2. The number of nitrogens with zero attached hydrogens (tertiary/aromatic N) is 1. The zero-order valence-electron chi connectivity index (χ0n) is 20.9. The predicted octanol–water partition coefficient (Wildman–Crippen LogP) is 8.76. The van der Waals surface area contributed by atoms with Crippen molar-refractivity contribution in [1.82, 2.24) is 4.90 Å². The van der Waals surface area contributed by atoms with Crippen LogP contribution in [0.15, 0.2) is 0 Å². The Bertz CT molecular complexity index is 521. The zero-order valence-corrected chi connectivity index (χ0v) is 20.9. The Labute approximate surface area is 194 Å². The molecule has 5 fully saturated rings. The maximum atomic E-state index is 3.27. The van der Waals surface area contributed by atoms with Gasteiger partial charge in [-0.05, 0) is 81.0 Å². The van der Waals surface area contributed by atoms with Crippen LogP contribution < -0.4 is 0 Å². The molecule has 0 N–H and O–H groups in total. The van der Waals surface area contributed by atoms with E-state index in [1.54, 1.807) is 44.9 Å². The molecular weight excluding hydrogens is 374 g/mol. The number of hydrogen-bond donors (Lipinski definition) is 0. The molecule has 0 radical (unpaired) electrons. The minimum Gasteiger partial charge on any atom is -0.294 e. The first-order valence-corrected chi connectivity index (χ1v) is 15.1. The predicted molar refractivity (Wildman–Crippen MR) is 133 cm³/mol. The van der Waals surface area contributed by atoms with Crippen LogP contribution in [-0.2, 0) is 0 Å². The summed E-state index contributed by atoms with van der Waals surface area (Å²) < 4.78 is 0. The molecule has 1 heteroatoms. The lowest BCUT2D eigenvalue weighted by Crippen LogP contribution is -2.56. The van der Waals surface area contributed by atoms with Gasteiger partial charge in [0, 0.05) is 18.1 Å². The Hall–Kier alpha value is -0.0400. The summed E-state index contributed by atoms with van der Waals surface area (Å²) in [6.07, 6.45) is 32.2. The first-order chi connectivity index (χ1) is 15.3. The fraction of sp³-hybridized carbons (Fsp3) is 1.00. The molecular formula is C30H53N. The van der Waals surface area contributed by atoms with Crippen molar-refractivity contribution in [1.29, 1.82) is 0 Å². The third-order valence-electron chi connectivity index (χ3n) is 11.2. The third-order valence-corrected chi connectivity index (χ3v) is 11.2. The maximum Gasteiger partial charge on any atom is 0.0132 e. The van der Waals surface area contributed by atoms with Gasteiger partial charge in [-0.3, -0.25) is 4.90 Å². The molecule has 4 unspecified atom stereocenters. The Kier molecular flexibility index (Phi) is 8.01. The van der Waals surface area contributed by atoms with E-state index in [4.69, 9.17) is 0 Å². The molecule has 5 aliphatic rings. The molecule has 0 saturated heterocycles. The molecule has 0 aliphatic heterocycles. The van der Waals surface area contributed by atoms with Crippen molar-refractivity contribution in [2.75, 3.05) is 0 Å². The van der Waals surface area contributed by atoms with Gasteiger partial charge in [0.15, 0.2) is 0 Å². The molecule has 5 saturated carbocycles. The summed E-state index contributed by atoms with van der Waals surface area (Å²) in [4.78, 5) is 3.27. The van der Waals surface area contributed by atoms with E-state index in [0.717, 1.165) is 47.7 Å². The molecule has 1 nitrogen and oxygen atoms in total. The molecule has 4 atom stereocenters. The van der Waals surface area contributed by atoms with Crippen LogP contribution in [0.1, 0.15) is 142 Å². The second kappa shape index (κ2) is 10.9. The summed E-state index contributed by atoms with van der Waals surface area (Å²) in [6, 6.07) is 2.83. The van der Waals surface area contributed by atoms with Gasteiger partial charge in [0.25, 0.3) is 0 Å². The lowest BCUT2D eigenvalue weighted by Gasteiger charge is -2.53. The summed E-state index contributed by atoms with van der Waals surface area (Å²) in [5, 5.41) is 0. The summed E-state index contributed by atoms with van der Waals surface area (Å²) >= 11 is 0. The molecule has 0 aromatic rings. The van der Waals surface area contributed by atoms with Crippen molar-refractivity contribution in [2.45, 2.75) is 160 Å². The molecule has 0 amide bonds. The van der Waals surface area contributed by atoms with Crippen LogP contribution in [0, 0.1) is 29.6 Å². The van der Waals surface area contributed by atoms with Gasteiger partial charge in [-0.15, -0.1) is 0 Å². The van der Waals surface area contributed by atoms with Crippen LogP contribution in [-0.4, -0.2) is 23.0 Å². The number of fused-ring (bicyclic) bond motifs is 1. The van der Waals surface area contributed by atoms with Gasteiger partial charge in [-0.2, -0.15) is 0 Å². The summed E-state index contributed by atoms with van der Waals surface area (Å²) in [5.74, 6) is 5.25. The van der Waals surface area contributed by atoms with E-state index >= 15 is 0 Å². The topological polar surface area (TPSA) is 3.24 Å². The van der Waals surface area contributed by atoms with Gasteiger partial charge in [-0.1, -0.05) is 90.4 Å². The van der Waals surface area contributed by atoms with Gasteiger partial charge >= 0.3 is 0 Å². The van der Waals surface area contributed by atoms with Crippen LogP contribution in [0.25, 0.3) is 0 Å². The highest BCUT2D eigenvalue weighted by Crippen LogP contribution is 2.47. The second-order valence-corrected chi connectivity index (χ2v) is 12.8. The fourth-order valence-electron chi connectivity index (χ4n) is 9.46. The number of rotatable bonds is 5. The first kappa shape index (κ1) is 22.7. The lowest BCUT2D eigenvalue weighted by atomic mass is 9.66. The smallest absolute Gasteiger partial charge is 0.0132 e. The molecule has 0 bridgehead atoms. The van der Waals surface area contributed by atoms with E-state index in [-0.39, 0.29) is 0 Å². The summed E-state index contributed by atoms with van der Waals surface area (Å²) in [7, 11) is 0. The average Bonchev–Trinajstić information content (AvgIpc) is 2.86. The third kappa shape index (κ3) is 5.22. The Morgan fingerprint density at radius 3 is 1.77 bits per heavy atom. The molecule has 0 spiro atoms. The van der Waals surface area contributed by atoms with Gasteiger partial charge in [-0.25, -0.2) is 0 Å². The van der Waals surface area contributed by atoms with Crippen LogP contribution >= 0.6 is 0 Å². The normalized spacial score (nSPS) is 39.9. The van der Waals surface area contributed by atoms with Gasteiger partial charge in [0.2, 0.25) is 0 Å². The largest absolute Gasteiger partial charge is 0.294 e. The van der Waals surface area contributed by atoms with E-state index in [1.807, 2.05) is 0 Å². The van der Waals surface area contributed by atoms with E-state index in [2.05, 4.69) is 11.8 Å². The molecule has 5 rings (SSSR count). The standard InChI is InChI=1S/C30H53N/c1-23(24-11-4-2-5-12-24)25-19-21-28(22-20-25)31(27-15-6-3-7-16-27)30-18-10-14-26-13-8-9-17-29(26)30/h23-30H,2-22H2,1H3. The second-order valence-electron chi connectivity index (χ2n) is 12.8. The minimum atomic E-state index is 0.934. The van der Waals surface area contributed by atoms with Crippen LogP contribution in [0.2, 0.25) is 0 Å². The Balaban J connectivity index is 1.26. The molecule has 31 heavy (non-hydrogen) atoms. The van der Waals surface area contributed by atoms with Gasteiger partial charge < -0.3 is 0 Å². The zero-order chi connectivity index (χ0) is 21.0. The monoisotopic (exact) mass is 427 g/mol. The van der Waals surface area contributed by atoms with Crippen molar-refractivity contribution >= 4 is 0 Å². The van der Waals surface area contributed by atoms with Crippen molar-refractivity contribution in [3.05, 3.63) is 0 Å². The van der Waals surface area contributed by atoms with E-state index in [0.29, 0.717) is 0 Å². The van der Waals surface area contributed by atoms with E-state index < -0.39 is 0 Å². The van der Waals surface area contributed by atoms with Crippen LogP contribution in [0.4, 0.5) is 0 Å². The van der Waals surface area contributed by atoms with Crippen LogP contribution in [0.5, 0.6) is 0 Å². The van der Waals surface area contributed by atoms with Crippen LogP contribution in [0.3, 0.4) is 0 Å². The quantitative estimate of drug-likeness (QED) is 0.424. The van der Waals surface area contributed by atoms with E-state index in [1.165, 1.54) is 89.9 Å². The van der Waals surface area contributed by atoms with E-state index in [9.17, 15) is 0 Å². The van der Waals surface area contributed by atoms with Gasteiger partial charge in [0.1, 0.15) is 0 Å². The average molecular weight is 428 g/mol. The number of hydrogen-bond acceptors (Lipinski definition) is 1. The lowest BCUT2D eigenvalue weighted by molar-refractivity contribution is -0.0391. The molecule has 0 aromatic heterocycles. The first-order valence-electron chi connectivity index (χ1n) is 15.1. The van der Waals surface area contributed by atoms with Crippen molar-refractivity contribution in [3.63, 3.8) is 0 Å². The molecule has 0 aromatic carbocycles. The summed E-state index contributed by atoms with van der Waals surface area (Å²) in [6.45, 7) is 2.65. The Morgan fingerprint density at radius 2 is 1.03 bits per heavy atom. The van der Waals surface area contributed by atoms with Crippen molar-refractivity contribution in [3.8, 4) is 0 Å². The minimum absolute atomic E-state index is 0.934. The fourth-order valence-corrected chi connectivity index (χ4v) is 9.46. The van der Waals surface area contributed by atoms with Crippen molar-refractivity contribution in [2.24, 2.45) is 29.6 Å². The maximum absolute atomic E-state index is 3.27. The molecule has 178 valence electrons. The van der Waals surface area contributed by atoms with Crippen molar-refractivity contribution < 1.29 is 0 Å². The highest BCUT2D eigenvalue weighted by molar-refractivity contribution is 4.97. The SMILES string of the molecule is CC(C1CCCCC1)C1CCC(N(C2CCCCC2)C2CCCC3CCCCC32)CC1.